The standard InChI is InChI=1S/C13H17F3N2/c1-8(2)18-9(3)7-17-11-5-4-10(6-12(11)18)13(14,15)16/h4-6,8-9,17H,7H2,1-3H3. The summed E-state index contributed by atoms with van der Waals surface area (Å²) in [7, 11) is 0. The molecule has 1 aromatic carbocycles. The SMILES string of the molecule is CC(C)N1c2cc(C(F)(F)F)ccc2NCC1C. The number of nitrogens with one attached hydrogen (secondary N) is 1. The lowest BCUT2D eigenvalue weighted by molar-refractivity contribution is -0.137. The van der Waals surface area contributed by atoms with Gasteiger partial charge in [0.1, 0.15) is 0 Å². The molecule has 0 saturated carbocycles. The summed E-state index contributed by atoms with van der Waals surface area (Å²) in [5.74, 6) is 0. The van der Waals surface area contributed by atoms with Gasteiger partial charge in [0.15, 0.2) is 0 Å². The summed E-state index contributed by atoms with van der Waals surface area (Å²) in [6.45, 7) is 6.74. The highest BCUT2D eigenvalue weighted by Crippen LogP contribution is 2.38. The Balaban J connectivity index is 2.48. The average molecular weight is 258 g/mol. The Bertz CT molecular complexity index is 440. The second-order valence-corrected chi connectivity index (χ2v) is 4.96. The summed E-state index contributed by atoms with van der Waals surface area (Å²) in [6.07, 6.45) is -4.29. The highest BCUT2D eigenvalue weighted by Gasteiger charge is 2.33. The summed E-state index contributed by atoms with van der Waals surface area (Å²) in [5, 5.41) is 3.17. The van der Waals surface area contributed by atoms with Crippen molar-refractivity contribution in [2.24, 2.45) is 0 Å². The molecule has 2 nitrogen and oxygen atoms in total. The van der Waals surface area contributed by atoms with Gasteiger partial charge in [-0.15, -0.1) is 0 Å². The van der Waals surface area contributed by atoms with Crippen LogP contribution in [0.15, 0.2) is 18.2 Å². The van der Waals surface area contributed by atoms with E-state index in [1.54, 1.807) is 0 Å². The van der Waals surface area contributed by atoms with Crippen LogP contribution in [0, 0.1) is 0 Å². The third-order valence-electron chi connectivity index (χ3n) is 3.22. The minimum Gasteiger partial charge on any atom is -0.381 e. The van der Waals surface area contributed by atoms with E-state index in [0.717, 1.165) is 18.3 Å². The van der Waals surface area contributed by atoms with Gasteiger partial charge in [-0.1, -0.05) is 0 Å². The lowest BCUT2D eigenvalue weighted by Crippen LogP contribution is -2.46. The first kappa shape index (κ1) is 13.1. The van der Waals surface area contributed by atoms with Crippen LogP contribution in [0.1, 0.15) is 26.3 Å². The highest BCUT2D eigenvalue weighted by molar-refractivity contribution is 5.74. The number of halogens is 3. The Labute approximate surface area is 105 Å². The summed E-state index contributed by atoms with van der Waals surface area (Å²) < 4.78 is 38.2. The Morgan fingerprint density at radius 1 is 1.33 bits per heavy atom. The molecule has 0 amide bonds. The van der Waals surface area contributed by atoms with Gasteiger partial charge in [0.05, 0.1) is 16.9 Å². The maximum Gasteiger partial charge on any atom is 0.416 e. The lowest BCUT2D eigenvalue weighted by Gasteiger charge is -2.41. The van der Waals surface area contributed by atoms with Gasteiger partial charge in [-0.2, -0.15) is 13.2 Å². The maximum atomic E-state index is 12.7. The molecule has 1 N–H and O–H groups in total. The van der Waals surface area contributed by atoms with E-state index in [9.17, 15) is 13.2 Å². The molecule has 0 bridgehead atoms. The van der Waals surface area contributed by atoms with Crippen LogP contribution in [0.25, 0.3) is 0 Å². The maximum absolute atomic E-state index is 12.7. The molecule has 18 heavy (non-hydrogen) atoms. The summed E-state index contributed by atoms with van der Waals surface area (Å²) in [6, 6.07) is 4.22. The molecule has 1 aliphatic heterocycles. The van der Waals surface area contributed by atoms with Crippen LogP contribution in [0.5, 0.6) is 0 Å². The molecule has 1 unspecified atom stereocenters. The topological polar surface area (TPSA) is 15.3 Å². The average Bonchev–Trinajstić information content (AvgIpc) is 2.26. The third kappa shape index (κ3) is 2.26. The first-order chi connectivity index (χ1) is 8.30. The fraction of sp³-hybridized carbons (Fsp3) is 0.538. The number of fused-ring (bicyclic) bond motifs is 1. The first-order valence-corrected chi connectivity index (χ1v) is 6.04. The molecular formula is C13H17F3N2. The molecule has 0 aromatic heterocycles. The quantitative estimate of drug-likeness (QED) is 0.825. The third-order valence-corrected chi connectivity index (χ3v) is 3.22. The van der Waals surface area contributed by atoms with Crippen molar-refractivity contribution in [3.05, 3.63) is 23.8 Å². The van der Waals surface area contributed by atoms with Gasteiger partial charge < -0.3 is 10.2 Å². The number of anilines is 2. The van der Waals surface area contributed by atoms with Crippen LogP contribution in [0.4, 0.5) is 24.5 Å². The van der Waals surface area contributed by atoms with Crippen molar-refractivity contribution < 1.29 is 13.2 Å². The van der Waals surface area contributed by atoms with Crippen molar-refractivity contribution in [2.75, 3.05) is 16.8 Å². The van der Waals surface area contributed by atoms with Gasteiger partial charge >= 0.3 is 6.18 Å². The van der Waals surface area contributed by atoms with Gasteiger partial charge in [-0.3, -0.25) is 0 Å². The van der Waals surface area contributed by atoms with Crippen molar-refractivity contribution in [3.63, 3.8) is 0 Å². The van der Waals surface area contributed by atoms with E-state index in [-0.39, 0.29) is 12.1 Å². The minimum absolute atomic E-state index is 0.171. The second-order valence-electron chi connectivity index (χ2n) is 4.96. The van der Waals surface area contributed by atoms with Crippen LogP contribution in [-0.2, 0) is 6.18 Å². The number of hydrogen-bond acceptors (Lipinski definition) is 2. The lowest BCUT2D eigenvalue weighted by atomic mass is 10.0. The Morgan fingerprint density at radius 3 is 2.56 bits per heavy atom. The van der Waals surface area contributed by atoms with Gasteiger partial charge in [-0.05, 0) is 39.0 Å². The number of benzene rings is 1. The van der Waals surface area contributed by atoms with Crippen LogP contribution in [0.3, 0.4) is 0 Å². The number of hydrogen-bond donors (Lipinski definition) is 1. The van der Waals surface area contributed by atoms with Gasteiger partial charge in [0.2, 0.25) is 0 Å². The number of rotatable bonds is 1. The molecule has 5 heteroatoms. The van der Waals surface area contributed by atoms with Gasteiger partial charge in [-0.25, -0.2) is 0 Å². The van der Waals surface area contributed by atoms with E-state index in [1.807, 2.05) is 25.7 Å². The van der Waals surface area contributed by atoms with Gasteiger partial charge in [0, 0.05) is 18.6 Å². The van der Waals surface area contributed by atoms with Gasteiger partial charge in [0.25, 0.3) is 0 Å². The Hall–Kier alpha value is -1.39. The predicted molar refractivity (Wildman–Crippen MR) is 67.0 cm³/mol. The van der Waals surface area contributed by atoms with Crippen LogP contribution < -0.4 is 10.2 Å². The molecule has 0 saturated heterocycles. The molecule has 1 aromatic rings. The van der Waals surface area contributed by atoms with Crippen molar-refractivity contribution >= 4 is 11.4 Å². The fourth-order valence-corrected chi connectivity index (χ4v) is 2.45. The van der Waals surface area contributed by atoms with Crippen LogP contribution in [-0.4, -0.2) is 18.6 Å². The Morgan fingerprint density at radius 2 is 2.00 bits per heavy atom. The monoisotopic (exact) mass is 258 g/mol. The molecule has 0 radical (unpaired) electrons. The van der Waals surface area contributed by atoms with E-state index < -0.39 is 11.7 Å². The molecule has 1 aliphatic rings. The van der Waals surface area contributed by atoms with E-state index in [4.69, 9.17) is 0 Å². The normalized spacial score (nSPS) is 19.7. The molecule has 0 spiro atoms. The van der Waals surface area contributed by atoms with Crippen molar-refractivity contribution in [1.29, 1.82) is 0 Å². The number of nitrogens with zero attached hydrogens (tertiary/aromatic N) is 1. The van der Waals surface area contributed by atoms with E-state index in [0.29, 0.717) is 5.69 Å². The predicted octanol–water partition coefficient (Wildman–Crippen LogP) is 3.73. The van der Waals surface area contributed by atoms with Crippen LogP contribution >= 0.6 is 0 Å². The van der Waals surface area contributed by atoms with Crippen molar-refractivity contribution in [3.8, 4) is 0 Å². The van der Waals surface area contributed by atoms with Crippen LogP contribution in [0.2, 0.25) is 0 Å². The Kier molecular flexibility index (Phi) is 3.17. The zero-order valence-electron chi connectivity index (χ0n) is 10.7. The zero-order valence-corrected chi connectivity index (χ0v) is 10.7. The van der Waals surface area contributed by atoms with E-state index >= 15 is 0 Å². The van der Waals surface area contributed by atoms with Crippen molar-refractivity contribution in [1.82, 2.24) is 0 Å². The zero-order chi connectivity index (χ0) is 13.5. The van der Waals surface area contributed by atoms with Crippen molar-refractivity contribution in [2.45, 2.75) is 39.0 Å². The largest absolute Gasteiger partial charge is 0.416 e. The summed E-state index contributed by atoms with van der Waals surface area (Å²) in [5.41, 5.74) is 0.816. The minimum atomic E-state index is -4.29. The fourth-order valence-electron chi connectivity index (χ4n) is 2.45. The first-order valence-electron chi connectivity index (χ1n) is 6.04. The number of alkyl halides is 3. The van der Waals surface area contributed by atoms with E-state index in [2.05, 4.69) is 5.32 Å². The second kappa shape index (κ2) is 4.37. The molecule has 1 atom stereocenters. The molecule has 2 rings (SSSR count). The summed E-state index contributed by atoms with van der Waals surface area (Å²) >= 11 is 0. The molecule has 0 fully saturated rings. The highest BCUT2D eigenvalue weighted by atomic mass is 19.4. The molecule has 1 heterocycles. The molecular weight excluding hydrogens is 241 g/mol. The van der Waals surface area contributed by atoms with E-state index in [1.165, 1.54) is 12.1 Å². The smallest absolute Gasteiger partial charge is 0.381 e. The molecule has 100 valence electrons. The summed E-state index contributed by atoms with van der Waals surface area (Å²) in [4.78, 5) is 2.03. The molecule has 0 aliphatic carbocycles.